The zero-order valence-corrected chi connectivity index (χ0v) is 16.6. The van der Waals surface area contributed by atoms with Gasteiger partial charge in [-0.05, 0) is 38.6 Å². The number of piperazine rings is 1. The van der Waals surface area contributed by atoms with Gasteiger partial charge in [0.25, 0.3) is 0 Å². The molecule has 0 bridgehead atoms. The van der Waals surface area contributed by atoms with Crippen LogP contribution in [-0.4, -0.2) is 88.4 Å². The summed E-state index contributed by atoms with van der Waals surface area (Å²) in [6, 6.07) is 7.79. The van der Waals surface area contributed by atoms with Gasteiger partial charge in [0.05, 0.1) is 6.54 Å². The molecule has 7 heteroatoms. The maximum absolute atomic E-state index is 5.97. The number of benzene rings is 1. The summed E-state index contributed by atoms with van der Waals surface area (Å²) >= 11 is 0. The first-order valence-electron chi connectivity index (χ1n) is 9.98. The van der Waals surface area contributed by atoms with E-state index in [0.29, 0.717) is 13.2 Å². The molecule has 1 aromatic carbocycles. The second kappa shape index (κ2) is 10.4. The Morgan fingerprint density at radius 2 is 1.89 bits per heavy atom. The van der Waals surface area contributed by atoms with Gasteiger partial charge in [-0.25, -0.2) is 0 Å². The molecule has 2 aliphatic heterocycles. The van der Waals surface area contributed by atoms with Crippen LogP contribution in [0.3, 0.4) is 0 Å². The Balaban J connectivity index is 1.27. The number of fused-ring (bicyclic) bond motifs is 1. The summed E-state index contributed by atoms with van der Waals surface area (Å²) in [4.78, 5) is 9.25. The number of nitrogens with one attached hydrogen (secondary N) is 2. The highest BCUT2D eigenvalue weighted by atomic mass is 16.6. The molecule has 2 aliphatic rings. The van der Waals surface area contributed by atoms with Crippen LogP contribution in [-0.2, 0) is 0 Å². The number of guanidine groups is 1. The van der Waals surface area contributed by atoms with E-state index < -0.39 is 0 Å². The van der Waals surface area contributed by atoms with Crippen molar-refractivity contribution in [3.8, 4) is 11.5 Å². The van der Waals surface area contributed by atoms with E-state index in [4.69, 9.17) is 9.47 Å². The molecule has 2 heterocycles. The Hall–Kier alpha value is -1.99. The summed E-state index contributed by atoms with van der Waals surface area (Å²) in [5.41, 5.74) is 0. The normalized spacial score (nSPS) is 21.1. The van der Waals surface area contributed by atoms with Gasteiger partial charge in [0.1, 0.15) is 12.7 Å². The van der Waals surface area contributed by atoms with Crippen molar-refractivity contribution in [3.63, 3.8) is 0 Å². The maximum Gasteiger partial charge on any atom is 0.191 e. The van der Waals surface area contributed by atoms with Crippen LogP contribution in [0.1, 0.15) is 12.8 Å². The fourth-order valence-corrected chi connectivity index (χ4v) is 3.33. The number of ether oxygens (including phenoxy) is 2. The number of hydrogen-bond acceptors (Lipinski definition) is 5. The highest BCUT2D eigenvalue weighted by molar-refractivity contribution is 5.79. The van der Waals surface area contributed by atoms with E-state index in [1.807, 2.05) is 24.3 Å². The van der Waals surface area contributed by atoms with E-state index in [-0.39, 0.29) is 6.10 Å². The summed E-state index contributed by atoms with van der Waals surface area (Å²) in [7, 11) is 4.00. The van der Waals surface area contributed by atoms with E-state index in [1.54, 1.807) is 7.05 Å². The summed E-state index contributed by atoms with van der Waals surface area (Å²) in [6.45, 7) is 8.09. The molecule has 150 valence electrons. The third-order valence-electron chi connectivity index (χ3n) is 5.08. The number of unbranched alkanes of at least 4 members (excludes halogenated alkanes) is 1. The number of para-hydroxylation sites is 2. The Labute approximate surface area is 162 Å². The van der Waals surface area contributed by atoms with Crippen molar-refractivity contribution in [2.75, 3.05) is 66.5 Å². The number of likely N-dealkylation sites (N-methyl/N-ethyl adjacent to an activating group) is 1. The largest absolute Gasteiger partial charge is 0.486 e. The molecule has 27 heavy (non-hydrogen) atoms. The monoisotopic (exact) mass is 375 g/mol. The third-order valence-corrected chi connectivity index (χ3v) is 5.08. The SMILES string of the molecule is CN=C(NCCCCN1CCN(C)CC1)NCC1COc2ccccc2O1. The molecule has 1 saturated heterocycles. The zero-order chi connectivity index (χ0) is 18.9. The standard InChI is InChI=1S/C20H33N5O2/c1-21-20(22-9-5-6-10-25-13-11-24(2)12-14-25)23-15-17-16-26-18-7-3-4-8-19(18)27-17/h3-4,7-8,17H,5-6,9-16H2,1-2H3,(H2,21,22,23). The Bertz CT molecular complexity index is 602. The fourth-order valence-electron chi connectivity index (χ4n) is 3.33. The van der Waals surface area contributed by atoms with Gasteiger partial charge in [-0.3, -0.25) is 4.99 Å². The Morgan fingerprint density at radius 1 is 1.11 bits per heavy atom. The van der Waals surface area contributed by atoms with Gasteiger partial charge in [0.2, 0.25) is 0 Å². The summed E-state index contributed by atoms with van der Waals surface area (Å²) in [5.74, 6) is 2.44. The van der Waals surface area contributed by atoms with E-state index in [9.17, 15) is 0 Å². The molecule has 7 nitrogen and oxygen atoms in total. The molecule has 0 aromatic heterocycles. The van der Waals surface area contributed by atoms with Crippen molar-refractivity contribution in [3.05, 3.63) is 24.3 Å². The van der Waals surface area contributed by atoms with Crippen molar-refractivity contribution in [1.82, 2.24) is 20.4 Å². The molecule has 1 unspecified atom stereocenters. The van der Waals surface area contributed by atoms with Crippen LogP contribution in [0.25, 0.3) is 0 Å². The summed E-state index contributed by atoms with van der Waals surface area (Å²) in [6.07, 6.45) is 2.34. The topological polar surface area (TPSA) is 61.4 Å². The molecule has 0 aliphatic carbocycles. The van der Waals surface area contributed by atoms with E-state index in [2.05, 4.69) is 32.5 Å². The van der Waals surface area contributed by atoms with Crippen LogP contribution < -0.4 is 20.1 Å². The van der Waals surface area contributed by atoms with E-state index in [1.165, 1.54) is 39.1 Å². The second-order valence-electron chi connectivity index (χ2n) is 7.23. The van der Waals surface area contributed by atoms with Crippen LogP contribution >= 0.6 is 0 Å². The molecule has 2 N–H and O–H groups in total. The lowest BCUT2D eigenvalue weighted by atomic mass is 10.2. The van der Waals surface area contributed by atoms with Crippen molar-refractivity contribution < 1.29 is 9.47 Å². The van der Waals surface area contributed by atoms with Gasteiger partial charge in [-0.15, -0.1) is 0 Å². The molecule has 0 amide bonds. The lowest BCUT2D eigenvalue weighted by molar-refractivity contribution is 0.0936. The van der Waals surface area contributed by atoms with Crippen molar-refractivity contribution in [2.45, 2.75) is 18.9 Å². The molecule has 1 atom stereocenters. The molecule has 1 aromatic rings. The average Bonchev–Trinajstić information content (AvgIpc) is 2.71. The van der Waals surface area contributed by atoms with Crippen LogP contribution in [0.4, 0.5) is 0 Å². The molecule has 0 radical (unpaired) electrons. The minimum absolute atomic E-state index is 0.0179. The zero-order valence-electron chi connectivity index (χ0n) is 16.6. The predicted molar refractivity (Wildman–Crippen MR) is 109 cm³/mol. The van der Waals surface area contributed by atoms with Gasteiger partial charge >= 0.3 is 0 Å². The van der Waals surface area contributed by atoms with Crippen molar-refractivity contribution in [2.24, 2.45) is 4.99 Å². The first-order valence-corrected chi connectivity index (χ1v) is 9.98. The minimum Gasteiger partial charge on any atom is -0.486 e. The van der Waals surface area contributed by atoms with Gasteiger partial charge in [-0.1, -0.05) is 12.1 Å². The fraction of sp³-hybridized carbons (Fsp3) is 0.650. The number of aliphatic imine (C=N–C) groups is 1. The Morgan fingerprint density at radius 3 is 2.67 bits per heavy atom. The smallest absolute Gasteiger partial charge is 0.191 e. The summed E-state index contributed by atoms with van der Waals surface area (Å²) in [5, 5.41) is 6.72. The van der Waals surface area contributed by atoms with Crippen LogP contribution in [0.5, 0.6) is 11.5 Å². The maximum atomic E-state index is 5.97. The van der Waals surface area contributed by atoms with Crippen LogP contribution in [0.2, 0.25) is 0 Å². The van der Waals surface area contributed by atoms with Crippen LogP contribution in [0, 0.1) is 0 Å². The number of rotatable bonds is 7. The first kappa shape index (κ1) is 19.8. The van der Waals surface area contributed by atoms with Gasteiger partial charge < -0.3 is 29.9 Å². The summed E-state index contributed by atoms with van der Waals surface area (Å²) < 4.78 is 11.7. The minimum atomic E-state index is -0.0179. The highest BCUT2D eigenvalue weighted by Crippen LogP contribution is 2.30. The quantitative estimate of drug-likeness (QED) is 0.422. The third kappa shape index (κ3) is 6.29. The van der Waals surface area contributed by atoms with E-state index in [0.717, 1.165) is 30.4 Å². The van der Waals surface area contributed by atoms with Crippen LogP contribution in [0.15, 0.2) is 29.3 Å². The first-order chi connectivity index (χ1) is 13.2. The average molecular weight is 376 g/mol. The second-order valence-corrected chi connectivity index (χ2v) is 7.23. The van der Waals surface area contributed by atoms with Gasteiger partial charge in [0, 0.05) is 39.8 Å². The molecule has 0 saturated carbocycles. The molecular formula is C20H33N5O2. The van der Waals surface area contributed by atoms with Gasteiger partial charge in [0.15, 0.2) is 17.5 Å². The molecule has 3 rings (SSSR count). The van der Waals surface area contributed by atoms with Crippen molar-refractivity contribution in [1.29, 1.82) is 0 Å². The lowest BCUT2D eigenvalue weighted by Gasteiger charge is -2.32. The predicted octanol–water partition coefficient (Wildman–Crippen LogP) is 1.02. The number of hydrogen-bond donors (Lipinski definition) is 2. The number of nitrogens with zero attached hydrogens (tertiary/aromatic N) is 3. The lowest BCUT2D eigenvalue weighted by Crippen LogP contribution is -2.46. The highest BCUT2D eigenvalue weighted by Gasteiger charge is 2.20. The Kier molecular flexibility index (Phi) is 7.59. The molecule has 0 spiro atoms. The molecule has 1 fully saturated rings. The van der Waals surface area contributed by atoms with E-state index >= 15 is 0 Å². The van der Waals surface area contributed by atoms with Crippen molar-refractivity contribution >= 4 is 5.96 Å². The molecular weight excluding hydrogens is 342 g/mol. The van der Waals surface area contributed by atoms with Gasteiger partial charge in [-0.2, -0.15) is 0 Å².